The molecule has 0 saturated heterocycles. The highest BCUT2D eigenvalue weighted by atomic mass is 19.1. The van der Waals surface area contributed by atoms with Gasteiger partial charge in [-0.2, -0.15) is 9.50 Å². The Morgan fingerprint density at radius 3 is 2.71 bits per heavy atom. The van der Waals surface area contributed by atoms with E-state index in [1.165, 1.54) is 12.1 Å². The van der Waals surface area contributed by atoms with Crippen molar-refractivity contribution in [2.24, 2.45) is 4.99 Å². The molecule has 3 rings (SSSR count). The lowest BCUT2D eigenvalue weighted by Crippen LogP contribution is -2.10. The van der Waals surface area contributed by atoms with Crippen LogP contribution in [0, 0.1) is 5.82 Å². The zero-order valence-electron chi connectivity index (χ0n) is 13.6. The zero-order chi connectivity index (χ0) is 17.1. The second-order valence-corrected chi connectivity index (χ2v) is 5.42. The molecule has 124 valence electrons. The average Bonchev–Trinajstić information content (AvgIpc) is 2.98. The Morgan fingerprint density at radius 1 is 1.25 bits per heavy atom. The van der Waals surface area contributed by atoms with Gasteiger partial charge >= 0.3 is 0 Å². The summed E-state index contributed by atoms with van der Waals surface area (Å²) in [6, 6.07) is 7.67. The number of halogens is 1. The molecule has 0 amide bonds. The van der Waals surface area contributed by atoms with Gasteiger partial charge in [-0.1, -0.05) is 0 Å². The van der Waals surface area contributed by atoms with Crippen LogP contribution < -0.4 is 4.74 Å². The van der Waals surface area contributed by atoms with Crippen molar-refractivity contribution in [2.75, 3.05) is 14.1 Å². The molecule has 0 spiro atoms. The average molecular weight is 328 g/mol. The third-order valence-electron chi connectivity index (χ3n) is 3.21. The summed E-state index contributed by atoms with van der Waals surface area (Å²) in [7, 11) is 3.73. The predicted molar refractivity (Wildman–Crippen MR) is 88.1 cm³/mol. The normalized spacial score (nSPS) is 12.7. The lowest BCUT2D eigenvalue weighted by molar-refractivity contribution is 0.218. The topological polar surface area (TPSA) is 67.9 Å². The molecule has 7 nitrogen and oxygen atoms in total. The smallest absolute Gasteiger partial charge is 0.272 e. The molecule has 2 heterocycles. The lowest BCUT2D eigenvalue weighted by atomic mass is 10.2. The number of ether oxygens (including phenoxy) is 1. The molecule has 0 aliphatic carbocycles. The summed E-state index contributed by atoms with van der Waals surface area (Å²) < 4.78 is 20.4. The van der Waals surface area contributed by atoms with Crippen LogP contribution in [0.1, 0.15) is 18.7 Å². The highest BCUT2D eigenvalue weighted by Gasteiger charge is 2.15. The van der Waals surface area contributed by atoms with Gasteiger partial charge in [0.2, 0.25) is 0 Å². The quantitative estimate of drug-likeness (QED) is 0.532. The van der Waals surface area contributed by atoms with Crippen LogP contribution in [-0.2, 0) is 0 Å². The Balaban J connectivity index is 1.89. The maximum atomic E-state index is 13.0. The molecule has 0 bridgehead atoms. The van der Waals surface area contributed by atoms with Gasteiger partial charge in [0.1, 0.15) is 17.7 Å². The molecule has 0 saturated carbocycles. The van der Waals surface area contributed by atoms with E-state index in [1.807, 2.05) is 21.0 Å². The SMILES string of the molecule is CC(Oc1ccc(F)cc1)c1ccnc2nc(/N=C/N(C)C)nn12. The molecule has 1 atom stereocenters. The summed E-state index contributed by atoms with van der Waals surface area (Å²) >= 11 is 0. The number of rotatable bonds is 5. The largest absolute Gasteiger partial charge is 0.484 e. The molecule has 1 unspecified atom stereocenters. The summed E-state index contributed by atoms with van der Waals surface area (Å²) in [6.07, 6.45) is 2.93. The Hall–Kier alpha value is -3.03. The first-order valence-electron chi connectivity index (χ1n) is 7.37. The third kappa shape index (κ3) is 3.48. The van der Waals surface area contributed by atoms with Crippen LogP contribution in [0.15, 0.2) is 41.5 Å². The van der Waals surface area contributed by atoms with Crippen LogP contribution in [0.2, 0.25) is 0 Å². The van der Waals surface area contributed by atoms with Gasteiger partial charge in [0.05, 0.1) is 12.0 Å². The standard InChI is InChI=1S/C16H17FN6O/c1-11(24-13-6-4-12(17)5-7-13)14-8-9-18-16-20-15(21-23(14)16)19-10-22(2)3/h4-11H,1-3H3/b19-10+. The van der Waals surface area contributed by atoms with E-state index in [1.54, 1.807) is 40.1 Å². The van der Waals surface area contributed by atoms with E-state index in [0.717, 1.165) is 5.69 Å². The second kappa shape index (κ2) is 6.61. The van der Waals surface area contributed by atoms with Crippen molar-refractivity contribution in [3.63, 3.8) is 0 Å². The summed E-state index contributed by atoms with van der Waals surface area (Å²) in [6.45, 7) is 1.88. The van der Waals surface area contributed by atoms with E-state index in [-0.39, 0.29) is 11.9 Å². The molecule has 0 radical (unpaired) electrons. The van der Waals surface area contributed by atoms with Crippen molar-refractivity contribution >= 4 is 18.1 Å². The fourth-order valence-corrected chi connectivity index (χ4v) is 2.11. The van der Waals surface area contributed by atoms with Gasteiger partial charge in [-0.05, 0) is 37.3 Å². The van der Waals surface area contributed by atoms with Crippen molar-refractivity contribution in [1.82, 2.24) is 24.5 Å². The van der Waals surface area contributed by atoms with Crippen molar-refractivity contribution in [3.05, 3.63) is 48.0 Å². The minimum atomic E-state index is -0.326. The predicted octanol–water partition coefficient (Wildman–Crippen LogP) is 2.62. The maximum absolute atomic E-state index is 13.0. The first kappa shape index (κ1) is 15.9. The number of aromatic nitrogens is 4. The highest BCUT2D eigenvalue weighted by molar-refractivity contribution is 5.58. The molecule has 1 aromatic carbocycles. The number of benzene rings is 1. The van der Waals surface area contributed by atoms with Gasteiger partial charge in [0.15, 0.2) is 0 Å². The van der Waals surface area contributed by atoms with E-state index >= 15 is 0 Å². The van der Waals surface area contributed by atoms with E-state index in [2.05, 4.69) is 20.1 Å². The molecule has 2 aromatic heterocycles. The minimum Gasteiger partial charge on any atom is -0.484 e. The third-order valence-corrected chi connectivity index (χ3v) is 3.21. The molecule has 0 aliphatic heterocycles. The van der Waals surface area contributed by atoms with Gasteiger partial charge in [-0.15, -0.1) is 5.10 Å². The first-order valence-corrected chi connectivity index (χ1v) is 7.37. The van der Waals surface area contributed by atoms with Crippen molar-refractivity contribution in [1.29, 1.82) is 0 Å². The van der Waals surface area contributed by atoms with E-state index in [0.29, 0.717) is 17.5 Å². The fourth-order valence-electron chi connectivity index (χ4n) is 2.11. The minimum absolute atomic E-state index is 0.305. The highest BCUT2D eigenvalue weighted by Crippen LogP contribution is 2.22. The maximum Gasteiger partial charge on any atom is 0.272 e. The number of nitrogens with zero attached hydrogens (tertiary/aromatic N) is 6. The number of fused-ring (bicyclic) bond motifs is 1. The van der Waals surface area contributed by atoms with Crippen LogP contribution in [-0.4, -0.2) is 44.9 Å². The summed E-state index contributed by atoms with van der Waals surface area (Å²) in [5, 5.41) is 4.34. The van der Waals surface area contributed by atoms with Gasteiger partial charge in [-0.3, -0.25) is 0 Å². The molecular weight excluding hydrogens is 311 g/mol. The summed E-state index contributed by atoms with van der Waals surface area (Å²) in [4.78, 5) is 14.4. The Morgan fingerprint density at radius 2 is 2.00 bits per heavy atom. The molecular formula is C16H17FN6O. The lowest BCUT2D eigenvalue weighted by Gasteiger charge is -2.15. The molecule has 8 heteroatoms. The van der Waals surface area contributed by atoms with Crippen LogP contribution >= 0.6 is 0 Å². The van der Waals surface area contributed by atoms with Crippen LogP contribution in [0.3, 0.4) is 0 Å². The fraction of sp³-hybridized carbons (Fsp3) is 0.250. The zero-order valence-corrected chi connectivity index (χ0v) is 13.6. The van der Waals surface area contributed by atoms with E-state index in [4.69, 9.17) is 4.74 Å². The second-order valence-electron chi connectivity index (χ2n) is 5.42. The van der Waals surface area contributed by atoms with E-state index < -0.39 is 0 Å². The molecule has 24 heavy (non-hydrogen) atoms. The van der Waals surface area contributed by atoms with Crippen LogP contribution in [0.4, 0.5) is 10.3 Å². The first-order chi connectivity index (χ1) is 11.5. The number of hydrogen-bond donors (Lipinski definition) is 0. The Kier molecular flexibility index (Phi) is 4.37. The van der Waals surface area contributed by atoms with Crippen LogP contribution in [0.25, 0.3) is 5.78 Å². The van der Waals surface area contributed by atoms with Gasteiger partial charge < -0.3 is 9.64 Å². The Bertz CT molecular complexity index is 859. The van der Waals surface area contributed by atoms with Crippen molar-refractivity contribution in [3.8, 4) is 5.75 Å². The van der Waals surface area contributed by atoms with Crippen molar-refractivity contribution < 1.29 is 9.13 Å². The molecule has 0 aliphatic rings. The van der Waals surface area contributed by atoms with Gasteiger partial charge in [-0.25, -0.2) is 14.4 Å². The number of hydrogen-bond acceptors (Lipinski definition) is 5. The van der Waals surface area contributed by atoms with Gasteiger partial charge in [0.25, 0.3) is 11.7 Å². The number of aliphatic imine (C=N–C) groups is 1. The Labute approximate surface area is 138 Å². The van der Waals surface area contributed by atoms with E-state index in [9.17, 15) is 4.39 Å². The molecule has 0 N–H and O–H groups in total. The monoisotopic (exact) mass is 328 g/mol. The molecule has 3 aromatic rings. The summed E-state index contributed by atoms with van der Waals surface area (Å²) in [5.74, 6) is 1.02. The van der Waals surface area contributed by atoms with Crippen LogP contribution in [0.5, 0.6) is 5.75 Å². The molecule has 0 fully saturated rings. The van der Waals surface area contributed by atoms with Gasteiger partial charge in [0, 0.05) is 20.3 Å². The summed E-state index contributed by atoms with van der Waals surface area (Å²) in [5.41, 5.74) is 0.767. The van der Waals surface area contributed by atoms with Crippen molar-refractivity contribution in [2.45, 2.75) is 13.0 Å².